The summed E-state index contributed by atoms with van der Waals surface area (Å²) in [6.45, 7) is 2.54. The molecule has 2 fully saturated rings. The Labute approximate surface area is 119 Å². The first-order valence-corrected chi connectivity index (χ1v) is 6.98. The van der Waals surface area contributed by atoms with E-state index >= 15 is 0 Å². The van der Waals surface area contributed by atoms with Crippen LogP contribution in [0.2, 0.25) is 0 Å². The number of nitrogens with one attached hydrogen (secondary N) is 1. The first-order chi connectivity index (χ1) is 9.52. The van der Waals surface area contributed by atoms with Crippen molar-refractivity contribution < 1.29 is 9.59 Å². The number of guanidine groups is 1. The van der Waals surface area contributed by atoms with Gasteiger partial charge in [-0.15, -0.1) is 0 Å². The van der Waals surface area contributed by atoms with Crippen LogP contribution >= 0.6 is 0 Å². The molecular formula is C13H23N5O2. The smallest absolute Gasteiger partial charge is 0.241 e. The standard InChI is InChI=1S/C13H23N5O2/c1-14-13(15-8-12(20)16(2)3)17-6-7-18-10(9-17)4-5-11(18)19/h10H,4-9H2,1-3H3,(H,14,15). The number of carbonyl (C=O) groups is 2. The lowest BCUT2D eigenvalue weighted by Crippen LogP contribution is -2.56. The van der Waals surface area contributed by atoms with Crippen molar-refractivity contribution in [3.63, 3.8) is 0 Å². The van der Waals surface area contributed by atoms with E-state index in [1.54, 1.807) is 26.0 Å². The first-order valence-electron chi connectivity index (χ1n) is 6.98. The van der Waals surface area contributed by atoms with Crippen LogP contribution < -0.4 is 5.32 Å². The first kappa shape index (κ1) is 14.6. The zero-order chi connectivity index (χ0) is 14.7. The van der Waals surface area contributed by atoms with Crippen LogP contribution in [0.3, 0.4) is 0 Å². The molecule has 2 saturated heterocycles. The third-order valence-corrected chi connectivity index (χ3v) is 3.90. The summed E-state index contributed by atoms with van der Waals surface area (Å²) in [6, 6.07) is 0.291. The van der Waals surface area contributed by atoms with E-state index in [1.807, 2.05) is 4.90 Å². The van der Waals surface area contributed by atoms with Crippen LogP contribution in [0.5, 0.6) is 0 Å². The molecule has 1 N–H and O–H groups in total. The lowest BCUT2D eigenvalue weighted by Gasteiger charge is -2.39. The topological polar surface area (TPSA) is 68.2 Å². The van der Waals surface area contributed by atoms with E-state index < -0.39 is 0 Å². The minimum Gasteiger partial charge on any atom is -0.347 e. The molecule has 7 heteroatoms. The van der Waals surface area contributed by atoms with Gasteiger partial charge in [0.25, 0.3) is 0 Å². The molecule has 2 heterocycles. The van der Waals surface area contributed by atoms with Crippen LogP contribution in [0.15, 0.2) is 4.99 Å². The van der Waals surface area contributed by atoms with Crippen LogP contribution in [0.1, 0.15) is 12.8 Å². The Bertz CT molecular complexity index is 421. The summed E-state index contributed by atoms with van der Waals surface area (Å²) in [5.74, 6) is 1.01. The van der Waals surface area contributed by atoms with Gasteiger partial charge < -0.3 is 20.0 Å². The highest BCUT2D eigenvalue weighted by atomic mass is 16.2. The summed E-state index contributed by atoms with van der Waals surface area (Å²) < 4.78 is 0. The second kappa shape index (κ2) is 6.11. The minimum absolute atomic E-state index is 0.0147. The number of piperazine rings is 1. The quantitative estimate of drug-likeness (QED) is 0.518. The number of hydrogen-bond donors (Lipinski definition) is 1. The van der Waals surface area contributed by atoms with Crippen LogP contribution in [0.4, 0.5) is 0 Å². The van der Waals surface area contributed by atoms with Gasteiger partial charge in [-0.05, 0) is 6.42 Å². The van der Waals surface area contributed by atoms with Crippen molar-refractivity contribution in [1.82, 2.24) is 20.0 Å². The number of hydrogen-bond acceptors (Lipinski definition) is 3. The van der Waals surface area contributed by atoms with E-state index in [2.05, 4.69) is 15.2 Å². The van der Waals surface area contributed by atoms with Crippen LogP contribution in [0, 0.1) is 0 Å². The molecule has 0 aliphatic carbocycles. The molecule has 0 saturated carbocycles. The maximum absolute atomic E-state index is 11.7. The maximum atomic E-state index is 11.7. The SMILES string of the molecule is CN=C(NCC(=O)N(C)C)N1CCN2C(=O)CCC2C1. The number of amides is 2. The van der Waals surface area contributed by atoms with E-state index in [1.165, 1.54) is 0 Å². The van der Waals surface area contributed by atoms with Crippen molar-refractivity contribution in [2.45, 2.75) is 18.9 Å². The van der Waals surface area contributed by atoms with Crippen molar-refractivity contribution in [2.75, 3.05) is 47.3 Å². The van der Waals surface area contributed by atoms with Crippen molar-refractivity contribution in [3.05, 3.63) is 0 Å². The zero-order valence-electron chi connectivity index (χ0n) is 12.4. The Morgan fingerprint density at radius 3 is 2.85 bits per heavy atom. The number of fused-ring (bicyclic) bond motifs is 1. The fraction of sp³-hybridized carbons (Fsp3) is 0.769. The molecule has 0 aromatic heterocycles. The Balaban J connectivity index is 1.90. The summed E-state index contributed by atoms with van der Waals surface area (Å²) in [5.41, 5.74) is 0. The van der Waals surface area contributed by atoms with Gasteiger partial charge in [-0.25, -0.2) is 0 Å². The molecule has 7 nitrogen and oxygen atoms in total. The molecule has 0 bridgehead atoms. The highest BCUT2D eigenvalue weighted by molar-refractivity contribution is 5.86. The molecule has 112 valence electrons. The molecule has 0 aromatic rings. The summed E-state index contributed by atoms with van der Waals surface area (Å²) >= 11 is 0. The number of carbonyl (C=O) groups excluding carboxylic acids is 2. The molecule has 2 aliphatic rings. The van der Waals surface area contributed by atoms with Gasteiger partial charge in [0.1, 0.15) is 0 Å². The van der Waals surface area contributed by atoms with Gasteiger partial charge in [-0.1, -0.05) is 0 Å². The van der Waals surface area contributed by atoms with Gasteiger partial charge in [0.2, 0.25) is 11.8 Å². The second-order valence-electron chi connectivity index (χ2n) is 5.41. The number of nitrogens with zero attached hydrogens (tertiary/aromatic N) is 4. The minimum atomic E-state index is 0.0147. The average Bonchev–Trinajstić information content (AvgIpc) is 2.80. The average molecular weight is 281 g/mol. The highest BCUT2D eigenvalue weighted by Crippen LogP contribution is 2.22. The van der Waals surface area contributed by atoms with Gasteiger partial charge in [0.05, 0.1) is 6.54 Å². The highest BCUT2D eigenvalue weighted by Gasteiger charge is 2.36. The summed E-state index contributed by atoms with van der Waals surface area (Å²) in [5, 5.41) is 3.09. The van der Waals surface area contributed by atoms with Crippen molar-refractivity contribution in [3.8, 4) is 0 Å². The number of aliphatic imine (C=N–C) groups is 1. The molecule has 20 heavy (non-hydrogen) atoms. The third-order valence-electron chi connectivity index (χ3n) is 3.90. The molecule has 0 aromatic carbocycles. The van der Waals surface area contributed by atoms with Crippen LogP contribution in [-0.4, -0.2) is 85.8 Å². The molecule has 0 spiro atoms. The van der Waals surface area contributed by atoms with Gasteiger partial charge in [0, 0.05) is 53.2 Å². The normalized spacial score (nSPS) is 22.9. The van der Waals surface area contributed by atoms with Gasteiger partial charge in [-0.3, -0.25) is 14.6 Å². The summed E-state index contributed by atoms with van der Waals surface area (Å²) in [6.07, 6.45) is 1.58. The largest absolute Gasteiger partial charge is 0.347 e. The predicted molar refractivity (Wildman–Crippen MR) is 76.4 cm³/mol. The second-order valence-corrected chi connectivity index (χ2v) is 5.41. The Morgan fingerprint density at radius 1 is 1.45 bits per heavy atom. The Morgan fingerprint density at radius 2 is 2.20 bits per heavy atom. The molecule has 2 aliphatic heterocycles. The maximum Gasteiger partial charge on any atom is 0.241 e. The predicted octanol–water partition coefficient (Wildman–Crippen LogP) is -1.04. The monoisotopic (exact) mass is 281 g/mol. The molecule has 0 radical (unpaired) electrons. The summed E-state index contributed by atoms with van der Waals surface area (Å²) in [4.78, 5) is 33.1. The van der Waals surface area contributed by atoms with Crippen molar-refractivity contribution in [1.29, 1.82) is 0 Å². The lowest BCUT2D eigenvalue weighted by atomic mass is 10.1. The Hall–Kier alpha value is -1.79. The number of rotatable bonds is 2. The third kappa shape index (κ3) is 3.02. The van der Waals surface area contributed by atoms with Gasteiger partial charge >= 0.3 is 0 Å². The van der Waals surface area contributed by atoms with Gasteiger partial charge in [-0.2, -0.15) is 0 Å². The number of likely N-dealkylation sites (N-methyl/N-ethyl adjacent to an activating group) is 1. The fourth-order valence-corrected chi connectivity index (χ4v) is 2.70. The van der Waals surface area contributed by atoms with E-state index in [9.17, 15) is 9.59 Å². The van der Waals surface area contributed by atoms with E-state index in [0.717, 1.165) is 32.0 Å². The Kier molecular flexibility index (Phi) is 4.46. The zero-order valence-corrected chi connectivity index (χ0v) is 12.4. The molecule has 1 atom stereocenters. The summed E-state index contributed by atoms with van der Waals surface area (Å²) in [7, 11) is 5.18. The van der Waals surface area contributed by atoms with Crippen molar-refractivity contribution in [2.24, 2.45) is 4.99 Å². The molecule has 1 unspecified atom stereocenters. The van der Waals surface area contributed by atoms with E-state index in [4.69, 9.17) is 0 Å². The van der Waals surface area contributed by atoms with Crippen molar-refractivity contribution >= 4 is 17.8 Å². The van der Waals surface area contributed by atoms with Gasteiger partial charge in [0.15, 0.2) is 5.96 Å². The van der Waals surface area contributed by atoms with E-state index in [-0.39, 0.29) is 18.4 Å². The fourth-order valence-electron chi connectivity index (χ4n) is 2.70. The van der Waals surface area contributed by atoms with Crippen LogP contribution in [-0.2, 0) is 9.59 Å². The molecular weight excluding hydrogens is 258 g/mol. The lowest BCUT2D eigenvalue weighted by molar-refractivity contribution is -0.130. The molecule has 2 amide bonds. The van der Waals surface area contributed by atoms with Crippen LogP contribution in [0.25, 0.3) is 0 Å². The molecule has 2 rings (SSSR count). The van der Waals surface area contributed by atoms with E-state index in [0.29, 0.717) is 12.5 Å².